The summed E-state index contributed by atoms with van der Waals surface area (Å²) in [6, 6.07) is 0. The quantitative estimate of drug-likeness (QED) is 0.131. The van der Waals surface area contributed by atoms with Gasteiger partial charge in [-0.05, 0) is 19.3 Å². The van der Waals surface area contributed by atoms with Crippen molar-refractivity contribution in [3.8, 4) is 0 Å². The van der Waals surface area contributed by atoms with Gasteiger partial charge in [0.1, 0.15) is 12.4 Å². The van der Waals surface area contributed by atoms with Gasteiger partial charge in [-0.15, -0.1) is 0 Å². The SMILES string of the molecule is CCCCCCCCCCCCCCCCCCC[n+]1ccn(CCCC)c1CC. The van der Waals surface area contributed by atoms with Gasteiger partial charge in [-0.1, -0.05) is 124 Å². The van der Waals surface area contributed by atoms with Crippen LogP contribution in [0.5, 0.6) is 0 Å². The summed E-state index contributed by atoms with van der Waals surface area (Å²) in [5.74, 6) is 1.51. The van der Waals surface area contributed by atoms with E-state index in [1.165, 1.54) is 141 Å². The van der Waals surface area contributed by atoms with E-state index in [1.54, 1.807) is 0 Å². The lowest BCUT2D eigenvalue weighted by molar-refractivity contribution is -0.704. The Balaban J connectivity index is 1.87. The highest BCUT2D eigenvalue weighted by atomic mass is 15.1. The van der Waals surface area contributed by atoms with Crippen molar-refractivity contribution in [3.63, 3.8) is 0 Å². The summed E-state index contributed by atoms with van der Waals surface area (Å²) in [5, 5.41) is 0. The summed E-state index contributed by atoms with van der Waals surface area (Å²) in [7, 11) is 0. The Bertz CT molecular complexity index is 477. The molecule has 1 rings (SSSR count). The van der Waals surface area contributed by atoms with Gasteiger partial charge >= 0.3 is 0 Å². The third kappa shape index (κ3) is 13.5. The lowest BCUT2D eigenvalue weighted by Crippen LogP contribution is -2.37. The van der Waals surface area contributed by atoms with Crippen molar-refractivity contribution >= 4 is 0 Å². The Morgan fingerprint density at radius 3 is 1.43 bits per heavy atom. The molecule has 0 atom stereocenters. The van der Waals surface area contributed by atoms with Gasteiger partial charge in [0.05, 0.1) is 13.1 Å². The summed E-state index contributed by atoms with van der Waals surface area (Å²) >= 11 is 0. The Kier molecular flexibility index (Phi) is 18.3. The van der Waals surface area contributed by atoms with Crippen LogP contribution in [-0.2, 0) is 19.5 Å². The van der Waals surface area contributed by atoms with Crippen LogP contribution in [-0.4, -0.2) is 4.57 Å². The molecule has 0 saturated heterocycles. The van der Waals surface area contributed by atoms with E-state index in [1.807, 2.05) is 0 Å². The fourth-order valence-corrected chi connectivity index (χ4v) is 4.65. The van der Waals surface area contributed by atoms with Crippen molar-refractivity contribution < 1.29 is 4.57 Å². The van der Waals surface area contributed by atoms with Gasteiger partial charge in [-0.3, -0.25) is 0 Å². The number of unbranched alkanes of at least 4 members (excludes halogenated alkanes) is 17. The number of aromatic nitrogens is 2. The molecule has 2 nitrogen and oxygen atoms in total. The van der Waals surface area contributed by atoms with Crippen molar-refractivity contribution in [2.75, 3.05) is 0 Å². The van der Waals surface area contributed by atoms with Gasteiger partial charge in [-0.25, -0.2) is 9.13 Å². The molecule has 2 heteroatoms. The zero-order valence-corrected chi connectivity index (χ0v) is 21.1. The maximum atomic E-state index is 2.50. The van der Waals surface area contributed by atoms with Gasteiger partial charge < -0.3 is 0 Å². The van der Waals surface area contributed by atoms with Crippen molar-refractivity contribution in [2.45, 2.75) is 162 Å². The van der Waals surface area contributed by atoms with Crippen LogP contribution in [0.25, 0.3) is 0 Å². The third-order valence-corrected chi connectivity index (χ3v) is 6.66. The van der Waals surface area contributed by atoms with Gasteiger partial charge in [0.2, 0.25) is 0 Å². The fraction of sp³-hybridized carbons (Fsp3) is 0.893. The molecule has 176 valence electrons. The maximum absolute atomic E-state index is 2.50. The molecule has 1 heterocycles. The molecule has 0 aliphatic rings. The second kappa shape index (κ2) is 20.1. The van der Waals surface area contributed by atoms with Gasteiger partial charge in [0.25, 0.3) is 5.82 Å². The van der Waals surface area contributed by atoms with Crippen LogP contribution in [0.2, 0.25) is 0 Å². The Morgan fingerprint density at radius 2 is 1.00 bits per heavy atom. The van der Waals surface area contributed by atoms with E-state index >= 15 is 0 Å². The van der Waals surface area contributed by atoms with Crippen LogP contribution in [0.3, 0.4) is 0 Å². The topological polar surface area (TPSA) is 8.81 Å². The minimum Gasteiger partial charge on any atom is -0.234 e. The number of rotatable bonds is 22. The van der Waals surface area contributed by atoms with Crippen molar-refractivity contribution in [3.05, 3.63) is 18.2 Å². The van der Waals surface area contributed by atoms with Gasteiger partial charge in [0.15, 0.2) is 0 Å². The molecule has 1 aromatic heterocycles. The normalized spacial score (nSPS) is 11.4. The van der Waals surface area contributed by atoms with Crippen LogP contribution < -0.4 is 4.57 Å². The Hall–Kier alpha value is -0.790. The second-order valence-electron chi connectivity index (χ2n) is 9.47. The first-order valence-electron chi connectivity index (χ1n) is 13.9. The van der Waals surface area contributed by atoms with E-state index in [0.717, 1.165) is 6.42 Å². The average molecular weight is 420 g/mol. The zero-order valence-electron chi connectivity index (χ0n) is 21.1. The lowest BCUT2D eigenvalue weighted by Gasteiger charge is -2.04. The predicted molar refractivity (Wildman–Crippen MR) is 133 cm³/mol. The van der Waals surface area contributed by atoms with E-state index in [0.29, 0.717) is 0 Å². The molecule has 0 saturated carbocycles. The predicted octanol–water partition coefficient (Wildman–Crippen LogP) is 8.79. The van der Waals surface area contributed by atoms with Crippen LogP contribution in [0.1, 0.15) is 149 Å². The first kappa shape index (κ1) is 27.2. The molecule has 1 aromatic rings. The molecule has 0 amide bonds. The first-order chi connectivity index (χ1) is 14.8. The van der Waals surface area contributed by atoms with E-state index < -0.39 is 0 Å². The number of hydrogen-bond acceptors (Lipinski definition) is 0. The van der Waals surface area contributed by atoms with Crippen molar-refractivity contribution in [1.82, 2.24) is 4.57 Å². The van der Waals surface area contributed by atoms with E-state index in [2.05, 4.69) is 42.3 Å². The molecule has 30 heavy (non-hydrogen) atoms. The molecule has 0 fully saturated rings. The molecule has 0 bridgehead atoms. The van der Waals surface area contributed by atoms with Gasteiger partial charge in [0, 0.05) is 6.42 Å². The minimum absolute atomic E-state index is 1.15. The highest BCUT2D eigenvalue weighted by Crippen LogP contribution is 2.14. The molecule has 0 aromatic carbocycles. The molecular weight excluding hydrogens is 364 g/mol. The number of aryl methyl sites for hydroxylation is 2. The molecular formula is C28H55N2+. The summed E-state index contributed by atoms with van der Waals surface area (Å²) in [4.78, 5) is 0. The first-order valence-corrected chi connectivity index (χ1v) is 13.9. The van der Waals surface area contributed by atoms with Crippen LogP contribution in [0.15, 0.2) is 12.4 Å². The van der Waals surface area contributed by atoms with Crippen molar-refractivity contribution in [2.24, 2.45) is 0 Å². The Labute approximate surface area is 189 Å². The molecule has 0 aliphatic heterocycles. The molecule has 0 aliphatic carbocycles. The number of nitrogens with zero attached hydrogens (tertiary/aromatic N) is 2. The van der Waals surface area contributed by atoms with Crippen LogP contribution in [0, 0.1) is 0 Å². The summed E-state index contributed by atoms with van der Waals surface area (Å²) < 4.78 is 4.97. The molecule has 0 N–H and O–H groups in total. The standard InChI is InChI=1S/C28H55N2/c1-4-7-9-10-11-12-13-14-15-16-17-18-19-20-21-22-23-25-30-27-26-29(24-8-5-2)28(30)6-3/h26-27H,4-25H2,1-3H3/q+1. The number of hydrogen-bond donors (Lipinski definition) is 0. The molecule has 0 radical (unpaired) electrons. The monoisotopic (exact) mass is 419 g/mol. The maximum Gasteiger partial charge on any atom is 0.256 e. The van der Waals surface area contributed by atoms with Crippen LogP contribution >= 0.6 is 0 Å². The van der Waals surface area contributed by atoms with E-state index in [-0.39, 0.29) is 0 Å². The van der Waals surface area contributed by atoms with E-state index in [9.17, 15) is 0 Å². The second-order valence-corrected chi connectivity index (χ2v) is 9.47. The number of imidazole rings is 1. The average Bonchev–Trinajstić information content (AvgIpc) is 3.16. The summed E-state index contributed by atoms with van der Waals surface area (Å²) in [5.41, 5.74) is 0. The van der Waals surface area contributed by atoms with Gasteiger partial charge in [-0.2, -0.15) is 0 Å². The van der Waals surface area contributed by atoms with Crippen molar-refractivity contribution in [1.29, 1.82) is 0 Å². The lowest BCUT2D eigenvalue weighted by atomic mass is 10.0. The third-order valence-electron chi connectivity index (χ3n) is 6.66. The molecule has 0 unspecified atom stereocenters. The smallest absolute Gasteiger partial charge is 0.234 e. The van der Waals surface area contributed by atoms with E-state index in [4.69, 9.17) is 0 Å². The Morgan fingerprint density at radius 1 is 0.567 bits per heavy atom. The largest absolute Gasteiger partial charge is 0.256 e. The highest BCUT2D eigenvalue weighted by molar-refractivity contribution is 4.82. The minimum atomic E-state index is 1.15. The highest BCUT2D eigenvalue weighted by Gasteiger charge is 2.13. The summed E-state index contributed by atoms with van der Waals surface area (Å²) in [6.07, 6.45) is 32.9. The van der Waals surface area contributed by atoms with Crippen LogP contribution in [0.4, 0.5) is 0 Å². The summed E-state index contributed by atoms with van der Waals surface area (Å²) in [6.45, 7) is 9.27. The fourth-order valence-electron chi connectivity index (χ4n) is 4.65. The molecule has 0 spiro atoms. The zero-order chi connectivity index (χ0) is 21.7.